The van der Waals surface area contributed by atoms with Crippen LogP contribution >= 0.6 is 0 Å². The van der Waals surface area contributed by atoms with Crippen LogP contribution in [0.1, 0.15) is 38.2 Å². The van der Waals surface area contributed by atoms with E-state index in [0.717, 1.165) is 6.42 Å². The molecule has 0 aromatic heterocycles. The maximum absolute atomic E-state index is 13.5. The number of carboxylic acid groups (broad SMARTS) is 1. The third kappa shape index (κ3) is 2.19. The van der Waals surface area contributed by atoms with Gasteiger partial charge in [0.2, 0.25) is 5.91 Å². The number of aliphatic carboxylic acids is 1. The molecule has 1 N–H and O–H groups in total. The maximum atomic E-state index is 13.5. The molecule has 1 aromatic rings. The Kier molecular flexibility index (Phi) is 3.46. The Morgan fingerprint density at radius 3 is 2.50 bits per heavy atom. The van der Waals surface area contributed by atoms with Gasteiger partial charge in [-0.1, -0.05) is 18.6 Å². The van der Waals surface area contributed by atoms with E-state index in [-0.39, 0.29) is 18.3 Å². The Bertz CT molecular complexity index is 626. The van der Waals surface area contributed by atoms with Crippen LogP contribution in [-0.4, -0.2) is 35.0 Å². The second-order valence-electron chi connectivity index (χ2n) is 6.79. The minimum Gasteiger partial charge on any atom is -0.481 e. The van der Waals surface area contributed by atoms with Gasteiger partial charge < -0.3 is 10.0 Å². The van der Waals surface area contributed by atoms with Crippen LogP contribution in [0.15, 0.2) is 24.3 Å². The van der Waals surface area contributed by atoms with Gasteiger partial charge in [-0.25, -0.2) is 4.39 Å². The zero-order valence-electron chi connectivity index (χ0n) is 12.6. The van der Waals surface area contributed by atoms with Crippen molar-refractivity contribution in [1.82, 2.24) is 4.90 Å². The number of benzene rings is 1. The lowest BCUT2D eigenvalue weighted by Crippen LogP contribution is -2.51. The molecule has 1 aromatic carbocycles. The van der Waals surface area contributed by atoms with Crippen LogP contribution in [0.25, 0.3) is 0 Å². The van der Waals surface area contributed by atoms with E-state index in [9.17, 15) is 19.1 Å². The minimum atomic E-state index is -0.872. The number of rotatable bonds is 3. The maximum Gasteiger partial charge on any atom is 0.311 e. The third-order valence-corrected chi connectivity index (χ3v) is 5.27. The number of nitrogens with zero attached hydrogens (tertiary/aromatic N) is 1. The lowest BCUT2D eigenvalue weighted by molar-refractivity contribution is -0.148. The van der Waals surface area contributed by atoms with Crippen LogP contribution in [0.2, 0.25) is 0 Å². The summed E-state index contributed by atoms with van der Waals surface area (Å²) in [6, 6.07) is 6.23. The van der Waals surface area contributed by atoms with E-state index in [4.69, 9.17) is 0 Å². The van der Waals surface area contributed by atoms with Crippen LogP contribution < -0.4 is 0 Å². The normalized spacial score (nSPS) is 26.5. The van der Waals surface area contributed by atoms with Gasteiger partial charge in [0.15, 0.2) is 0 Å². The fourth-order valence-corrected chi connectivity index (χ4v) is 3.55. The predicted octanol–water partition coefficient (Wildman–Crippen LogP) is 2.57. The van der Waals surface area contributed by atoms with Crippen molar-refractivity contribution in [2.75, 3.05) is 13.1 Å². The monoisotopic (exact) mass is 305 g/mol. The number of carboxylic acids is 1. The molecule has 1 aliphatic carbocycles. The van der Waals surface area contributed by atoms with E-state index in [2.05, 4.69) is 0 Å². The number of hydrogen-bond donors (Lipinski definition) is 1. The van der Waals surface area contributed by atoms with Gasteiger partial charge in [-0.3, -0.25) is 9.59 Å². The quantitative estimate of drug-likeness (QED) is 0.933. The van der Waals surface area contributed by atoms with Crippen molar-refractivity contribution < 1.29 is 19.1 Å². The van der Waals surface area contributed by atoms with Crippen molar-refractivity contribution in [2.45, 2.75) is 38.0 Å². The molecule has 1 saturated carbocycles. The Labute approximate surface area is 128 Å². The molecular formula is C17H20FNO3. The SMILES string of the molecule is C[C@]1(C(=O)O)CCN(C(=O)C2(c3cccc(F)c3)CCC2)C1. The van der Waals surface area contributed by atoms with E-state index in [1.54, 1.807) is 24.0 Å². The summed E-state index contributed by atoms with van der Waals surface area (Å²) in [5.41, 5.74) is -0.818. The van der Waals surface area contributed by atoms with Crippen molar-refractivity contribution in [3.63, 3.8) is 0 Å². The number of hydrogen-bond acceptors (Lipinski definition) is 2. The van der Waals surface area contributed by atoms with E-state index in [1.807, 2.05) is 0 Å². The molecule has 0 bridgehead atoms. The molecule has 1 saturated heterocycles. The molecule has 3 rings (SSSR count). The second kappa shape index (κ2) is 5.07. The van der Waals surface area contributed by atoms with Gasteiger partial charge in [-0.2, -0.15) is 0 Å². The summed E-state index contributed by atoms with van der Waals surface area (Å²) in [6.07, 6.45) is 2.81. The number of amides is 1. The largest absolute Gasteiger partial charge is 0.481 e. The van der Waals surface area contributed by atoms with Gasteiger partial charge in [0, 0.05) is 13.1 Å². The number of carbonyl (C=O) groups excluding carboxylic acids is 1. The summed E-state index contributed by atoms with van der Waals surface area (Å²) in [6.45, 7) is 2.37. The van der Waals surface area contributed by atoms with Crippen LogP contribution in [0.5, 0.6) is 0 Å². The van der Waals surface area contributed by atoms with Crippen molar-refractivity contribution in [1.29, 1.82) is 0 Å². The third-order valence-electron chi connectivity index (χ3n) is 5.27. The average molecular weight is 305 g/mol. The van der Waals surface area contributed by atoms with Crippen LogP contribution in [0.3, 0.4) is 0 Å². The van der Waals surface area contributed by atoms with Crippen molar-refractivity contribution in [3.8, 4) is 0 Å². The summed E-state index contributed by atoms with van der Waals surface area (Å²) in [7, 11) is 0. The van der Waals surface area contributed by atoms with Gasteiger partial charge in [0.25, 0.3) is 0 Å². The molecule has 0 radical (unpaired) electrons. The summed E-state index contributed by atoms with van der Waals surface area (Å²) in [5, 5.41) is 9.31. The van der Waals surface area contributed by atoms with Gasteiger partial charge in [-0.15, -0.1) is 0 Å². The first-order chi connectivity index (χ1) is 10.4. The molecule has 1 heterocycles. The Morgan fingerprint density at radius 2 is 2.00 bits per heavy atom. The summed E-state index contributed by atoms with van der Waals surface area (Å²) < 4.78 is 13.5. The van der Waals surface area contributed by atoms with E-state index < -0.39 is 16.8 Å². The summed E-state index contributed by atoms with van der Waals surface area (Å²) >= 11 is 0. The standard InChI is InChI=1S/C17H20FNO3/c1-16(15(21)22)8-9-19(11-16)14(20)17(6-3-7-17)12-4-2-5-13(18)10-12/h2,4-5,10H,3,6-9,11H2,1H3,(H,21,22)/t16-/m0/s1. The topological polar surface area (TPSA) is 57.6 Å². The first kappa shape index (κ1) is 15.0. The lowest BCUT2D eigenvalue weighted by Gasteiger charge is -2.43. The molecule has 1 atom stereocenters. The predicted molar refractivity (Wildman–Crippen MR) is 78.9 cm³/mol. The van der Waals surface area contributed by atoms with E-state index >= 15 is 0 Å². The molecule has 2 fully saturated rings. The number of likely N-dealkylation sites (tertiary alicyclic amines) is 1. The fourth-order valence-electron chi connectivity index (χ4n) is 3.55. The number of carbonyl (C=O) groups is 2. The highest BCUT2D eigenvalue weighted by Crippen LogP contribution is 2.46. The number of halogens is 1. The van der Waals surface area contributed by atoms with Gasteiger partial charge in [0.1, 0.15) is 5.82 Å². The zero-order chi connectivity index (χ0) is 16.0. The molecule has 0 spiro atoms. The Hall–Kier alpha value is -1.91. The molecule has 118 valence electrons. The van der Waals surface area contributed by atoms with Crippen LogP contribution in [0, 0.1) is 11.2 Å². The van der Waals surface area contributed by atoms with Crippen molar-refractivity contribution in [2.24, 2.45) is 5.41 Å². The smallest absolute Gasteiger partial charge is 0.311 e. The molecule has 5 heteroatoms. The van der Waals surface area contributed by atoms with E-state index in [0.29, 0.717) is 31.4 Å². The molecule has 4 nitrogen and oxygen atoms in total. The summed E-state index contributed by atoms with van der Waals surface area (Å²) in [4.78, 5) is 26.0. The minimum absolute atomic E-state index is 0.0469. The molecule has 1 amide bonds. The fraction of sp³-hybridized carbons (Fsp3) is 0.529. The second-order valence-corrected chi connectivity index (χ2v) is 6.79. The van der Waals surface area contributed by atoms with Gasteiger partial charge >= 0.3 is 5.97 Å². The van der Waals surface area contributed by atoms with Crippen molar-refractivity contribution >= 4 is 11.9 Å². The summed E-state index contributed by atoms with van der Waals surface area (Å²) in [5.74, 6) is -1.25. The Balaban J connectivity index is 1.86. The Morgan fingerprint density at radius 1 is 1.27 bits per heavy atom. The van der Waals surface area contributed by atoms with Gasteiger partial charge in [0.05, 0.1) is 10.8 Å². The van der Waals surface area contributed by atoms with E-state index in [1.165, 1.54) is 12.1 Å². The highest BCUT2D eigenvalue weighted by molar-refractivity contribution is 5.90. The first-order valence-electron chi connectivity index (χ1n) is 7.66. The molecular weight excluding hydrogens is 285 g/mol. The van der Waals surface area contributed by atoms with Gasteiger partial charge in [-0.05, 0) is 43.9 Å². The van der Waals surface area contributed by atoms with Crippen LogP contribution in [0.4, 0.5) is 4.39 Å². The van der Waals surface area contributed by atoms with Crippen LogP contribution in [-0.2, 0) is 15.0 Å². The van der Waals surface area contributed by atoms with Crippen molar-refractivity contribution in [3.05, 3.63) is 35.6 Å². The first-order valence-corrected chi connectivity index (χ1v) is 7.66. The molecule has 22 heavy (non-hydrogen) atoms. The highest BCUT2D eigenvalue weighted by Gasteiger charge is 2.51. The molecule has 1 aliphatic heterocycles. The molecule has 2 aliphatic rings. The lowest BCUT2D eigenvalue weighted by atomic mass is 9.63. The average Bonchev–Trinajstić information content (AvgIpc) is 2.82. The highest BCUT2D eigenvalue weighted by atomic mass is 19.1. The zero-order valence-corrected chi connectivity index (χ0v) is 12.6. The molecule has 0 unspecified atom stereocenters.